The lowest BCUT2D eigenvalue weighted by Gasteiger charge is -2.22. The van der Waals surface area contributed by atoms with Crippen LogP contribution in [0.4, 0.5) is 5.82 Å². The normalized spacial score (nSPS) is 23.4. The van der Waals surface area contributed by atoms with Gasteiger partial charge in [0.2, 0.25) is 0 Å². The number of amides is 1. The summed E-state index contributed by atoms with van der Waals surface area (Å²) in [5, 5.41) is 23.7. The van der Waals surface area contributed by atoms with Crippen LogP contribution >= 0.6 is 0 Å². The molecule has 5 atom stereocenters. The molecule has 1 fully saturated rings. The SMILES string of the molecule is COc1ccc(CC([NH3+])C(=O)N[C@H]2[C@@H](O)[C@H](n3cnc4c([NH+](C)C)ncnc43)O[C@@H]2CO)cc1. The summed E-state index contributed by atoms with van der Waals surface area (Å²) in [6, 6.07) is 5.96. The Hall–Kier alpha value is -3.16. The molecular weight excluding hydrogens is 442 g/mol. The second-order valence-electron chi connectivity index (χ2n) is 8.57. The van der Waals surface area contributed by atoms with Gasteiger partial charge < -0.3 is 30.7 Å². The fourth-order valence-corrected chi connectivity index (χ4v) is 4.13. The quantitative estimate of drug-likeness (QED) is 0.234. The maximum absolute atomic E-state index is 12.9. The second-order valence-corrected chi connectivity index (χ2v) is 8.57. The zero-order valence-electron chi connectivity index (χ0n) is 19.4. The zero-order valence-corrected chi connectivity index (χ0v) is 19.4. The van der Waals surface area contributed by atoms with E-state index in [1.807, 2.05) is 38.4 Å². The summed E-state index contributed by atoms with van der Waals surface area (Å²) in [5.74, 6) is 1.09. The number of carbonyl (C=O) groups excluding carboxylic acids is 1. The lowest BCUT2D eigenvalue weighted by molar-refractivity contribution is -0.788. The Morgan fingerprint density at radius 3 is 2.68 bits per heavy atom. The number of aliphatic hydroxyl groups excluding tert-OH is 2. The predicted molar refractivity (Wildman–Crippen MR) is 120 cm³/mol. The van der Waals surface area contributed by atoms with Crippen LogP contribution in [-0.2, 0) is 16.0 Å². The van der Waals surface area contributed by atoms with Crippen molar-refractivity contribution in [3.8, 4) is 5.75 Å². The van der Waals surface area contributed by atoms with Crippen molar-refractivity contribution in [1.29, 1.82) is 0 Å². The molecule has 1 amide bonds. The zero-order chi connectivity index (χ0) is 24.4. The highest BCUT2D eigenvalue weighted by Gasteiger charge is 2.46. The summed E-state index contributed by atoms with van der Waals surface area (Å²) < 4.78 is 12.7. The van der Waals surface area contributed by atoms with Crippen LogP contribution < -0.4 is 20.7 Å². The Balaban J connectivity index is 1.49. The molecule has 4 rings (SSSR count). The number of benzene rings is 1. The Morgan fingerprint density at radius 1 is 1.29 bits per heavy atom. The van der Waals surface area contributed by atoms with E-state index < -0.39 is 30.5 Å². The molecule has 1 aliphatic heterocycles. The van der Waals surface area contributed by atoms with Crippen molar-refractivity contribution in [2.75, 3.05) is 27.8 Å². The molecule has 1 aromatic carbocycles. The van der Waals surface area contributed by atoms with Gasteiger partial charge in [0.05, 0.1) is 40.2 Å². The Kier molecular flexibility index (Phi) is 7.05. The van der Waals surface area contributed by atoms with Gasteiger partial charge in [0.25, 0.3) is 11.7 Å². The minimum Gasteiger partial charge on any atom is -0.497 e. The van der Waals surface area contributed by atoms with E-state index >= 15 is 0 Å². The van der Waals surface area contributed by atoms with E-state index in [-0.39, 0.29) is 12.5 Å². The fraction of sp³-hybridized carbons (Fsp3) is 0.455. The molecule has 34 heavy (non-hydrogen) atoms. The van der Waals surface area contributed by atoms with Gasteiger partial charge in [0.15, 0.2) is 23.4 Å². The fourth-order valence-electron chi connectivity index (χ4n) is 4.13. The Labute approximate surface area is 196 Å². The number of fused-ring (bicyclic) bond motifs is 1. The number of quaternary nitrogens is 2. The molecule has 3 aromatic rings. The van der Waals surface area contributed by atoms with Crippen LogP contribution in [0.1, 0.15) is 11.8 Å². The van der Waals surface area contributed by atoms with Crippen LogP contribution in [0, 0.1) is 0 Å². The highest BCUT2D eigenvalue weighted by Crippen LogP contribution is 2.32. The van der Waals surface area contributed by atoms with Gasteiger partial charge in [-0.1, -0.05) is 12.1 Å². The number of hydrogen-bond donors (Lipinski definition) is 5. The molecule has 1 unspecified atom stereocenters. The number of nitrogens with one attached hydrogen (secondary N) is 2. The second kappa shape index (κ2) is 9.99. The molecular formula is C22H31N7O5+2. The summed E-state index contributed by atoms with van der Waals surface area (Å²) in [6.45, 7) is -0.381. The molecule has 12 heteroatoms. The van der Waals surface area contributed by atoms with Crippen molar-refractivity contribution in [3.05, 3.63) is 42.5 Å². The van der Waals surface area contributed by atoms with Crippen LogP contribution in [0.25, 0.3) is 11.2 Å². The van der Waals surface area contributed by atoms with Gasteiger partial charge >= 0.3 is 0 Å². The molecule has 2 aromatic heterocycles. The molecule has 0 radical (unpaired) electrons. The maximum Gasteiger partial charge on any atom is 0.278 e. The van der Waals surface area contributed by atoms with Gasteiger partial charge in [-0.15, -0.1) is 0 Å². The molecule has 0 saturated carbocycles. The first-order valence-corrected chi connectivity index (χ1v) is 11.0. The first-order valence-electron chi connectivity index (χ1n) is 11.0. The van der Waals surface area contributed by atoms with Crippen LogP contribution in [0.2, 0.25) is 0 Å². The van der Waals surface area contributed by atoms with E-state index in [9.17, 15) is 15.0 Å². The maximum atomic E-state index is 12.9. The van der Waals surface area contributed by atoms with Crippen LogP contribution in [0.15, 0.2) is 36.9 Å². The third kappa shape index (κ3) is 4.58. The number of aromatic nitrogens is 4. The van der Waals surface area contributed by atoms with Gasteiger partial charge in [0.1, 0.15) is 24.3 Å². The molecule has 12 nitrogen and oxygen atoms in total. The largest absolute Gasteiger partial charge is 0.497 e. The van der Waals surface area contributed by atoms with Gasteiger partial charge in [0, 0.05) is 6.42 Å². The number of aliphatic hydroxyl groups is 2. The molecule has 0 bridgehead atoms. The smallest absolute Gasteiger partial charge is 0.278 e. The van der Waals surface area contributed by atoms with Crippen LogP contribution in [0.5, 0.6) is 5.75 Å². The van der Waals surface area contributed by atoms with Gasteiger partial charge in [-0.3, -0.25) is 14.3 Å². The number of nitrogens with zero attached hydrogens (tertiary/aromatic N) is 4. The molecule has 7 N–H and O–H groups in total. The van der Waals surface area contributed by atoms with E-state index in [4.69, 9.17) is 9.47 Å². The molecule has 1 saturated heterocycles. The first-order chi connectivity index (χ1) is 16.3. The Bertz CT molecular complexity index is 1140. The van der Waals surface area contributed by atoms with Gasteiger partial charge in [-0.2, -0.15) is 4.98 Å². The monoisotopic (exact) mass is 473 g/mol. The van der Waals surface area contributed by atoms with Crippen molar-refractivity contribution in [2.24, 2.45) is 0 Å². The lowest BCUT2D eigenvalue weighted by atomic mass is 10.0. The van der Waals surface area contributed by atoms with Gasteiger partial charge in [-0.25, -0.2) is 9.97 Å². The molecule has 0 spiro atoms. The van der Waals surface area contributed by atoms with E-state index in [1.54, 1.807) is 11.7 Å². The number of rotatable bonds is 8. The molecule has 1 aliphatic rings. The average molecular weight is 474 g/mol. The number of methoxy groups -OCH3 is 1. The number of hydrogen-bond acceptors (Lipinski definition) is 8. The molecule has 3 heterocycles. The minimum absolute atomic E-state index is 0.348. The third-order valence-electron chi connectivity index (χ3n) is 5.98. The highest BCUT2D eigenvalue weighted by atomic mass is 16.5. The van der Waals surface area contributed by atoms with Crippen molar-refractivity contribution in [1.82, 2.24) is 24.8 Å². The van der Waals surface area contributed by atoms with Crippen LogP contribution in [-0.4, -0.2) is 87.7 Å². The summed E-state index contributed by atoms with van der Waals surface area (Å²) >= 11 is 0. The lowest BCUT2D eigenvalue weighted by Crippen LogP contribution is -3.00. The summed E-state index contributed by atoms with van der Waals surface area (Å²) in [5.41, 5.74) is 5.98. The first kappa shape index (κ1) is 24.0. The average Bonchev–Trinajstić information content (AvgIpc) is 3.40. The summed E-state index contributed by atoms with van der Waals surface area (Å²) in [4.78, 5) is 26.8. The van der Waals surface area contributed by atoms with Gasteiger partial charge in [-0.05, 0) is 17.7 Å². The topological polar surface area (TPSA) is 164 Å². The van der Waals surface area contributed by atoms with Crippen LogP contribution in [0.3, 0.4) is 0 Å². The van der Waals surface area contributed by atoms with Crippen molar-refractivity contribution < 1.29 is 35.1 Å². The summed E-state index contributed by atoms with van der Waals surface area (Å²) in [7, 11) is 5.45. The van der Waals surface area contributed by atoms with E-state index in [2.05, 4.69) is 26.0 Å². The van der Waals surface area contributed by atoms with E-state index in [0.717, 1.165) is 16.2 Å². The minimum atomic E-state index is -1.14. The number of ether oxygens (including phenoxy) is 2. The Morgan fingerprint density at radius 2 is 2.03 bits per heavy atom. The molecule has 0 aliphatic carbocycles. The standard InChI is InChI=1S/C22H29N7O5/c1-28(2)19-17-20(25-10-24-19)29(11-26-17)22-18(31)16(15(9-30)34-22)27-21(32)14(23)8-12-4-6-13(33-3)7-5-12/h4-7,10-11,14-16,18,22,30-31H,8-9,23H2,1-3H3,(H,27,32)/p+2/t14?,15-,16-,18-,22-/m1/s1. The van der Waals surface area contributed by atoms with E-state index in [1.165, 1.54) is 12.7 Å². The molecule has 182 valence electrons. The number of carbonyl (C=O) groups is 1. The van der Waals surface area contributed by atoms with Crippen molar-refractivity contribution in [3.63, 3.8) is 0 Å². The third-order valence-corrected chi connectivity index (χ3v) is 5.98. The number of imidazole rings is 1. The van der Waals surface area contributed by atoms with Crippen molar-refractivity contribution in [2.45, 2.75) is 36.9 Å². The predicted octanol–water partition coefficient (Wildman–Crippen LogP) is -2.80. The van der Waals surface area contributed by atoms with Crippen molar-refractivity contribution >= 4 is 22.9 Å². The van der Waals surface area contributed by atoms with E-state index in [0.29, 0.717) is 23.4 Å². The highest BCUT2D eigenvalue weighted by molar-refractivity contribution is 5.81. The summed E-state index contributed by atoms with van der Waals surface area (Å²) in [6.07, 6.45) is 0.515.